The van der Waals surface area contributed by atoms with E-state index < -0.39 is 28.7 Å². The van der Waals surface area contributed by atoms with Gasteiger partial charge in [-0.15, -0.1) is 0 Å². The van der Waals surface area contributed by atoms with Crippen LogP contribution in [0.2, 0.25) is 0 Å². The first kappa shape index (κ1) is 14.5. The molecule has 0 amide bonds. The maximum atomic E-state index is 13.7. The van der Waals surface area contributed by atoms with Crippen LogP contribution in [0.1, 0.15) is 11.1 Å². The van der Waals surface area contributed by atoms with Crippen molar-refractivity contribution in [3.63, 3.8) is 0 Å². The van der Waals surface area contributed by atoms with Gasteiger partial charge in [-0.25, -0.2) is 4.39 Å². The van der Waals surface area contributed by atoms with Crippen LogP contribution in [0.25, 0.3) is 6.08 Å². The predicted molar refractivity (Wildman–Crippen MR) is 57.2 cm³/mol. The lowest BCUT2D eigenvalue weighted by molar-refractivity contribution is -0.140. The first-order valence-electron chi connectivity index (χ1n) is 4.80. The molecule has 19 heavy (non-hydrogen) atoms. The Hall–Kier alpha value is -2.54. The predicted octanol–water partition coefficient (Wildman–Crippen LogP) is 3.28. The molecule has 1 aromatic carbocycles. The molecule has 0 fully saturated rings. The van der Waals surface area contributed by atoms with Gasteiger partial charge in [0.2, 0.25) is 0 Å². The Kier molecular flexibility index (Phi) is 4.13. The van der Waals surface area contributed by atoms with E-state index >= 15 is 0 Å². The number of methoxy groups -OCH3 is 1. The van der Waals surface area contributed by atoms with E-state index in [4.69, 9.17) is 10.5 Å². The molecule has 0 unspecified atom stereocenters. The highest BCUT2D eigenvalue weighted by Gasteiger charge is 2.35. The van der Waals surface area contributed by atoms with Crippen LogP contribution >= 0.6 is 0 Å². The fourth-order valence-electron chi connectivity index (χ4n) is 1.29. The monoisotopic (exact) mass is 270 g/mol. The molecule has 0 N–H and O–H groups in total. The van der Waals surface area contributed by atoms with Gasteiger partial charge in [0.1, 0.15) is 29.3 Å². The van der Waals surface area contributed by atoms with Crippen LogP contribution in [0.4, 0.5) is 17.6 Å². The molecule has 0 radical (unpaired) electrons. The van der Waals surface area contributed by atoms with Gasteiger partial charge in [0.05, 0.1) is 12.7 Å². The maximum absolute atomic E-state index is 13.7. The summed E-state index contributed by atoms with van der Waals surface area (Å²) in [7, 11) is 1.12. The van der Waals surface area contributed by atoms with Crippen molar-refractivity contribution in [2.75, 3.05) is 7.11 Å². The number of allylic oxidation sites excluding steroid dienone is 1. The highest BCUT2D eigenvalue weighted by molar-refractivity contribution is 5.64. The van der Waals surface area contributed by atoms with Gasteiger partial charge in [-0.1, -0.05) is 0 Å². The quantitative estimate of drug-likeness (QED) is 0.612. The summed E-state index contributed by atoms with van der Waals surface area (Å²) in [6.45, 7) is 0. The maximum Gasteiger partial charge on any atom is 0.419 e. The van der Waals surface area contributed by atoms with Crippen LogP contribution in [0.3, 0.4) is 0 Å². The number of nitrogens with zero attached hydrogens (tertiary/aromatic N) is 2. The zero-order chi connectivity index (χ0) is 14.6. The number of halogens is 4. The molecule has 1 aromatic rings. The topological polar surface area (TPSA) is 56.8 Å². The van der Waals surface area contributed by atoms with Crippen LogP contribution in [0.5, 0.6) is 5.75 Å². The van der Waals surface area contributed by atoms with E-state index in [9.17, 15) is 17.6 Å². The smallest absolute Gasteiger partial charge is 0.419 e. The first-order chi connectivity index (χ1) is 8.83. The summed E-state index contributed by atoms with van der Waals surface area (Å²) >= 11 is 0. The van der Waals surface area contributed by atoms with Crippen LogP contribution in [0.15, 0.2) is 17.7 Å². The fourth-order valence-corrected chi connectivity index (χ4v) is 1.29. The van der Waals surface area contributed by atoms with Gasteiger partial charge < -0.3 is 4.74 Å². The summed E-state index contributed by atoms with van der Waals surface area (Å²) < 4.78 is 56.1. The molecule has 0 aliphatic rings. The van der Waals surface area contributed by atoms with Gasteiger partial charge in [-0.3, -0.25) is 0 Å². The molecule has 0 bridgehead atoms. The van der Waals surface area contributed by atoms with E-state index in [0.717, 1.165) is 19.3 Å². The molecule has 0 heterocycles. The third-order valence-electron chi connectivity index (χ3n) is 2.16. The SMILES string of the molecule is COc1cc(C=C(C#N)C#N)c(F)c(C(F)(F)F)c1. The lowest BCUT2D eigenvalue weighted by Crippen LogP contribution is -2.09. The number of ether oxygens (including phenoxy) is 1. The van der Waals surface area contributed by atoms with E-state index in [1.807, 2.05) is 0 Å². The van der Waals surface area contributed by atoms with Gasteiger partial charge in [0, 0.05) is 5.56 Å². The Morgan fingerprint density at radius 2 is 1.84 bits per heavy atom. The average Bonchev–Trinajstić information content (AvgIpc) is 2.36. The summed E-state index contributed by atoms with van der Waals surface area (Å²) in [6, 6.07) is 4.35. The highest BCUT2D eigenvalue weighted by atomic mass is 19.4. The fraction of sp³-hybridized carbons (Fsp3) is 0.167. The van der Waals surface area contributed by atoms with E-state index in [1.165, 1.54) is 12.1 Å². The lowest BCUT2D eigenvalue weighted by atomic mass is 10.1. The number of hydrogen-bond donors (Lipinski definition) is 0. The van der Waals surface area contributed by atoms with Gasteiger partial charge in [-0.05, 0) is 18.2 Å². The molecule has 0 aliphatic carbocycles. The minimum atomic E-state index is -4.90. The normalized spacial score (nSPS) is 10.3. The van der Waals surface area contributed by atoms with Crippen molar-refractivity contribution in [1.29, 1.82) is 10.5 Å². The molecule has 1 rings (SSSR count). The Morgan fingerprint density at radius 1 is 1.26 bits per heavy atom. The zero-order valence-corrected chi connectivity index (χ0v) is 9.55. The molecular formula is C12H6F4N2O. The van der Waals surface area contributed by atoms with Crippen molar-refractivity contribution < 1.29 is 22.3 Å². The number of nitriles is 2. The van der Waals surface area contributed by atoms with Gasteiger partial charge in [-0.2, -0.15) is 23.7 Å². The molecule has 0 aromatic heterocycles. The van der Waals surface area contributed by atoms with Gasteiger partial charge in [0.15, 0.2) is 0 Å². The number of rotatable bonds is 2. The molecule has 0 spiro atoms. The summed E-state index contributed by atoms with van der Waals surface area (Å²) in [6.07, 6.45) is -4.17. The second kappa shape index (κ2) is 5.40. The van der Waals surface area contributed by atoms with Crippen LogP contribution in [-0.4, -0.2) is 7.11 Å². The van der Waals surface area contributed by atoms with Crippen molar-refractivity contribution in [3.8, 4) is 17.9 Å². The Morgan fingerprint density at radius 3 is 2.26 bits per heavy atom. The molecule has 7 heteroatoms. The minimum absolute atomic E-state index is 0.227. The summed E-state index contributed by atoms with van der Waals surface area (Å²) in [5.74, 6) is -1.79. The highest BCUT2D eigenvalue weighted by Crippen LogP contribution is 2.35. The number of hydrogen-bond acceptors (Lipinski definition) is 3. The van der Waals surface area contributed by atoms with Crippen molar-refractivity contribution in [3.05, 3.63) is 34.6 Å². The number of alkyl halides is 3. The summed E-state index contributed by atoms with van der Waals surface area (Å²) in [5, 5.41) is 17.0. The van der Waals surface area contributed by atoms with E-state index in [2.05, 4.69) is 4.74 Å². The minimum Gasteiger partial charge on any atom is -0.497 e. The molecule has 0 saturated heterocycles. The van der Waals surface area contributed by atoms with E-state index in [1.54, 1.807) is 0 Å². The van der Waals surface area contributed by atoms with Crippen molar-refractivity contribution >= 4 is 6.08 Å². The van der Waals surface area contributed by atoms with Gasteiger partial charge in [0.25, 0.3) is 0 Å². The Bertz CT molecular complexity index is 590. The van der Waals surface area contributed by atoms with Crippen molar-refractivity contribution in [1.82, 2.24) is 0 Å². The molecule has 0 saturated carbocycles. The number of benzene rings is 1. The van der Waals surface area contributed by atoms with Crippen molar-refractivity contribution in [2.24, 2.45) is 0 Å². The zero-order valence-electron chi connectivity index (χ0n) is 9.55. The molecule has 3 nitrogen and oxygen atoms in total. The Labute approximate surface area is 105 Å². The Balaban J connectivity index is 3.55. The molecule has 98 valence electrons. The second-order valence-corrected chi connectivity index (χ2v) is 3.36. The van der Waals surface area contributed by atoms with Crippen LogP contribution in [0, 0.1) is 28.5 Å². The third-order valence-corrected chi connectivity index (χ3v) is 2.16. The third kappa shape index (κ3) is 3.23. The van der Waals surface area contributed by atoms with Crippen LogP contribution < -0.4 is 4.74 Å². The first-order valence-corrected chi connectivity index (χ1v) is 4.80. The molecule has 0 atom stereocenters. The average molecular weight is 270 g/mol. The molecular weight excluding hydrogens is 264 g/mol. The summed E-state index contributed by atoms with van der Waals surface area (Å²) in [5.41, 5.74) is -2.57. The largest absolute Gasteiger partial charge is 0.497 e. The second-order valence-electron chi connectivity index (χ2n) is 3.36. The van der Waals surface area contributed by atoms with Gasteiger partial charge >= 0.3 is 6.18 Å². The standard InChI is InChI=1S/C12H6F4N2O/c1-19-9-3-8(2-7(5-17)6-18)11(13)10(4-9)12(14,15)16/h2-4H,1H3. The van der Waals surface area contributed by atoms with Crippen LogP contribution in [-0.2, 0) is 6.18 Å². The summed E-state index contributed by atoms with van der Waals surface area (Å²) in [4.78, 5) is 0. The molecule has 0 aliphatic heterocycles. The van der Waals surface area contributed by atoms with Crippen molar-refractivity contribution in [2.45, 2.75) is 6.18 Å². The van der Waals surface area contributed by atoms with E-state index in [0.29, 0.717) is 6.07 Å². The van der Waals surface area contributed by atoms with E-state index in [-0.39, 0.29) is 5.75 Å². The lowest BCUT2D eigenvalue weighted by Gasteiger charge is -2.12.